The second-order valence-corrected chi connectivity index (χ2v) is 5.27. The molecule has 1 heterocycles. The maximum absolute atomic E-state index is 5.03. The number of anilines is 2. The van der Waals surface area contributed by atoms with Gasteiger partial charge in [0.05, 0.1) is 0 Å². The van der Waals surface area contributed by atoms with Gasteiger partial charge in [-0.3, -0.25) is 0 Å². The average Bonchev–Trinajstić information content (AvgIpc) is 2.50. The minimum absolute atomic E-state index is 0.656. The van der Waals surface area contributed by atoms with E-state index in [1.165, 1.54) is 11.1 Å². The first kappa shape index (κ1) is 16.2. The highest BCUT2D eigenvalue weighted by Crippen LogP contribution is 2.13. The molecule has 2 N–H and O–H groups in total. The summed E-state index contributed by atoms with van der Waals surface area (Å²) in [6, 6.07) is 10.3. The van der Waals surface area contributed by atoms with Gasteiger partial charge in [0, 0.05) is 38.6 Å². The molecule has 0 unspecified atom stereocenters. The molecule has 1 aromatic carbocycles. The summed E-state index contributed by atoms with van der Waals surface area (Å²) in [5, 5.41) is 6.60. The minimum Gasteiger partial charge on any atom is -0.385 e. The van der Waals surface area contributed by atoms with Gasteiger partial charge in [0.1, 0.15) is 5.82 Å². The molecule has 2 rings (SSSR count). The van der Waals surface area contributed by atoms with E-state index < -0.39 is 0 Å². The van der Waals surface area contributed by atoms with Crippen molar-refractivity contribution < 1.29 is 4.74 Å². The van der Waals surface area contributed by atoms with Gasteiger partial charge in [-0.25, -0.2) is 4.98 Å². The molecule has 118 valence electrons. The molecule has 1 aromatic heterocycles. The zero-order valence-electron chi connectivity index (χ0n) is 13.5. The van der Waals surface area contributed by atoms with Crippen LogP contribution in [0.5, 0.6) is 0 Å². The van der Waals surface area contributed by atoms with Crippen LogP contribution < -0.4 is 10.6 Å². The first-order valence-corrected chi connectivity index (χ1v) is 7.56. The molecule has 0 amide bonds. The Kier molecular flexibility index (Phi) is 6.15. The number of rotatable bonds is 8. The lowest BCUT2D eigenvalue weighted by atomic mass is 10.1. The lowest BCUT2D eigenvalue weighted by molar-refractivity contribution is 0.197. The summed E-state index contributed by atoms with van der Waals surface area (Å²) >= 11 is 0. The lowest BCUT2D eigenvalue weighted by Crippen LogP contribution is -2.10. The number of nitrogens with one attached hydrogen (secondary N) is 2. The smallest absolute Gasteiger partial charge is 0.224 e. The van der Waals surface area contributed by atoms with E-state index in [-0.39, 0.29) is 0 Å². The molecule has 2 aromatic rings. The zero-order chi connectivity index (χ0) is 15.8. The van der Waals surface area contributed by atoms with E-state index in [2.05, 4.69) is 51.8 Å². The molecule has 0 aliphatic heterocycles. The van der Waals surface area contributed by atoms with Crippen molar-refractivity contribution in [2.45, 2.75) is 26.8 Å². The molecule has 5 nitrogen and oxygen atoms in total. The van der Waals surface area contributed by atoms with Crippen LogP contribution in [0.25, 0.3) is 0 Å². The fourth-order valence-corrected chi connectivity index (χ4v) is 2.15. The standard InChI is InChI=1S/C17H24N4O/c1-13-7-4-5-8-15(13)12-19-16-11-14(2)20-17(21-16)18-9-6-10-22-3/h4-5,7-8,11H,6,9-10,12H2,1-3H3,(H2,18,19,20,21). The quantitative estimate of drug-likeness (QED) is 0.733. The normalized spacial score (nSPS) is 10.5. The summed E-state index contributed by atoms with van der Waals surface area (Å²) in [7, 11) is 1.71. The highest BCUT2D eigenvalue weighted by atomic mass is 16.5. The van der Waals surface area contributed by atoms with Crippen molar-refractivity contribution in [1.29, 1.82) is 0 Å². The summed E-state index contributed by atoms with van der Waals surface area (Å²) in [6.07, 6.45) is 0.930. The molecule has 0 radical (unpaired) electrons. The molecular formula is C17H24N4O. The van der Waals surface area contributed by atoms with Crippen LogP contribution >= 0.6 is 0 Å². The number of ether oxygens (including phenoxy) is 1. The van der Waals surface area contributed by atoms with Crippen LogP contribution in [-0.4, -0.2) is 30.2 Å². The van der Waals surface area contributed by atoms with Crippen molar-refractivity contribution >= 4 is 11.8 Å². The monoisotopic (exact) mass is 300 g/mol. The summed E-state index contributed by atoms with van der Waals surface area (Å²) < 4.78 is 5.03. The van der Waals surface area contributed by atoms with Gasteiger partial charge >= 0.3 is 0 Å². The molecule has 0 atom stereocenters. The van der Waals surface area contributed by atoms with Gasteiger partial charge in [-0.2, -0.15) is 4.98 Å². The van der Waals surface area contributed by atoms with Crippen molar-refractivity contribution in [2.24, 2.45) is 0 Å². The summed E-state index contributed by atoms with van der Waals surface area (Å²) in [4.78, 5) is 8.90. The van der Waals surface area contributed by atoms with Crippen molar-refractivity contribution in [3.8, 4) is 0 Å². The number of benzene rings is 1. The van der Waals surface area contributed by atoms with Crippen LogP contribution in [0.4, 0.5) is 11.8 Å². The highest BCUT2D eigenvalue weighted by Gasteiger charge is 2.03. The molecule has 22 heavy (non-hydrogen) atoms. The topological polar surface area (TPSA) is 59.1 Å². The van der Waals surface area contributed by atoms with Gasteiger partial charge in [0.2, 0.25) is 5.95 Å². The van der Waals surface area contributed by atoms with Crippen LogP contribution in [0.15, 0.2) is 30.3 Å². The van der Waals surface area contributed by atoms with Gasteiger partial charge in [-0.1, -0.05) is 24.3 Å². The highest BCUT2D eigenvalue weighted by molar-refractivity contribution is 5.43. The van der Waals surface area contributed by atoms with E-state index in [9.17, 15) is 0 Å². The Balaban J connectivity index is 1.96. The third-order valence-electron chi connectivity index (χ3n) is 3.38. The van der Waals surface area contributed by atoms with E-state index in [0.717, 1.165) is 37.6 Å². The summed E-state index contributed by atoms with van der Waals surface area (Å²) in [5.41, 5.74) is 3.49. The maximum atomic E-state index is 5.03. The largest absolute Gasteiger partial charge is 0.385 e. The van der Waals surface area contributed by atoms with Gasteiger partial charge in [-0.05, 0) is 31.4 Å². The zero-order valence-corrected chi connectivity index (χ0v) is 13.5. The Morgan fingerprint density at radius 3 is 2.68 bits per heavy atom. The van der Waals surface area contributed by atoms with Crippen LogP contribution in [0.1, 0.15) is 23.2 Å². The van der Waals surface area contributed by atoms with E-state index in [1.54, 1.807) is 7.11 Å². The van der Waals surface area contributed by atoms with E-state index in [0.29, 0.717) is 5.95 Å². The van der Waals surface area contributed by atoms with Crippen molar-refractivity contribution in [3.05, 3.63) is 47.2 Å². The number of hydrogen-bond acceptors (Lipinski definition) is 5. The second kappa shape index (κ2) is 8.34. The van der Waals surface area contributed by atoms with E-state index in [1.807, 2.05) is 13.0 Å². The van der Waals surface area contributed by atoms with Crippen LogP contribution in [0.2, 0.25) is 0 Å². The first-order valence-electron chi connectivity index (χ1n) is 7.56. The Morgan fingerprint density at radius 1 is 1.09 bits per heavy atom. The third-order valence-corrected chi connectivity index (χ3v) is 3.38. The number of aryl methyl sites for hydroxylation is 2. The fourth-order valence-electron chi connectivity index (χ4n) is 2.15. The van der Waals surface area contributed by atoms with E-state index in [4.69, 9.17) is 4.74 Å². The predicted octanol–water partition coefficient (Wildman–Crippen LogP) is 3.15. The SMILES string of the molecule is COCCCNc1nc(C)cc(NCc2ccccc2C)n1. The molecule has 0 aliphatic carbocycles. The third kappa shape index (κ3) is 5.00. The van der Waals surface area contributed by atoms with Crippen molar-refractivity contribution in [3.63, 3.8) is 0 Å². The van der Waals surface area contributed by atoms with E-state index >= 15 is 0 Å². The van der Waals surface area contributed by atoms with Crippen LogP contribution in [-0.2, 0) is 11.3 Å². The average molecular weight is 300 g/mol. The number of aromatic nitrogens is 2. The molecule has 0 spiro atoms. The summed E-state index contributed by atoms with van der Waals surface area (Å²) in [5.74, 6) is 1.49. The number of hydrogen-bond donors (Lipinski definition) is 2. The van der Waals surface area contributed by atoms with Gasteiger partial charge in [-0.15, -0.1) is 0 Å². The minimum atomic E-state index is 0.656. The Hall–Kier alpha value is -2.14. The van der Waals surface area contributed by atoms with Crippen LogP contribution in [0.3, 0.4) is 0 Å². The van der Waals surface area contributed by atoms with Gasteiger partial charge < -0.3 is 15.4 Å². The predicted molar refractivity (Wildman–Crippen MR) is 90.3 cm³/mol. The molecular weight excluding hydrogens is 276 g/mol. The molecule has 0 fully saturated rings. The number of nitrogens with zero attached hydrogens (tertiary/aromatic N) is 2. The molecule has 0 aliphatic rings. The second-order valence-electron chi connectivity index (χ2n) is 5.27. The van der Waals surface area contributed by atoms with Crippen molar-refractivity contribution in [1.82, 2.24) is 9.97 Å². The molecule has 0 bridgehead atoms. The van der Waals surface area contributed by atoms with Gasteiger partial charge in [0.15, 0.2) is 0 Å². The first-order chi connectivity index (χ1) is 10.7. The molecule has 0 saturated heterocycles. The molecule has 5 heteroatoms. The Morgan fingerprint density at radius 2 is 1.91 bits per heavy atom. The Bertz CT molecular complexity index is 601. The fraction of sp³-hybridized carbons (Fsp3) is 0.412. The lowest BCUT2D eigenvalue weighted by Gasteiger charge is -2.11. The number of methoxy groups -OCH3 is 1. The van der Waals surface area contributed by atoms with Crippen LogP contribution in [0, 0.1) is 13.8 Å². The summed E-state index contributed by atoms with van der Waals surface area (Å²) in [6.45, 7) is 6.38. The Labute approximate surface area is 132 Å². The maximum Gasteiger partial charge on any atom is 0.224 e. The van der Waals surface area contributed by atoms with Crippen molar-refractivity contribution in [2.75, 3.05) is 30.9 Å². The van der Waals surface area contributed by atoms with Gasteiger partial charge in [0.25, 0.3) is 0 Å². The molecule has 0 saturated carbocycles.